The molecule has 0 unspecified atom stereocenters. The molecule has 0 radical (unpaired) electrons. The third kappa shape index (κ3) is 4.47. The van der Waals surface area contributed by atoms with Gasteiger partial charge < -0.3 is 15.1 Å². The topological polar surface area (TPSA) is 70.5 Å². The van der Waals surface area contributed by atoms with Crippen molar-refractivity contribution in [1.82, 2.24) is 14.7 Å². The number of amides is 1. The molecule has 1 amide bonds. The molecule has 156 valence electrons. The van der Waals surface area contributed by atoms with E-state index in [0.717, 1.165) is 43.1 Å². The molecule has 4 rings (SSSR count). The highest BCUT2D eigenvalue weighted by molar-refractivity contribution is 6.31. The average Bonchev–Trinajstić information content (AvgIpc) is 2.74. The van der Waals surface area contributed by atoms with Gasteiger partial charge in [-0.2, -0.15) is 5.10 Å². The maximum atomic E-state index is 12.7. The minimum Gasteiger partial charge on any atom is -0.367 e. The number of piperazine rings is 1. The predicted molar refractivity (Wildman–Crippen MR) is 120 cm³/mol. The van der Waals surface area contributed by atoms with Gasteiger partial charge in [-0.15, -0.1) is 0 Å². The molecule has 0 atom stereocenters. The fourth-order valence-corrected chi connectivity index (χ4v) is 3.86. The summed E-state index contributed by atoms with van der Waals surface area (Å²) < 4.78 is 1.69. The lowest BCUT2D eigenvalue weighted by atomic mass is 10.2. The van der Waals surface area contributed by atoms with Crippen molar-refractivity contribution < 1.29 is 4.79 Å². The van der Waals surface area contributed by atoms with Crippen LogP contribution in [0.2, 0.25) is 5.02 Å². The highest BCUT2D eigenvalue weighted by Gasteiger charge is 2.18. The number of hydrogen-bond acceptors (Lipinski definition) is 5. The number of hydrogen-bond donors (Lipinski definition) is 1. The number of rotatable bonds is 5. The van der Waals surface area contributed by atoms with Crippen LogP contribution < -0.4 is 15.6 Å². The molecule has 1 aliphatic heterocycles. The Labute approximate surface area is 179 Å². The van der Waals surface area contributed by atoms with Gasteiger partial charge in [-0.1, -0.05) is 23.7 Å². The van der Waals surface area contributed by atoms with Crippen LogP contribution in [0, 0.1) is 0 Å². The van der Waals surface area contributed by atoms with E-state index < -0.39 is 0 Å². The van der Waals surface area contributed by atoms with Crippen molar-refractivity contribution in [2.75, 3.05) is 43.4 Å². The second kappa shape index (κ2) is 8.85. The normalized spacial score (nSPS) is 14.8. The maximum absolute atomic E-state index is 12.7. The van der Waals surface area contributed by atoms with E-state index in [0.29, 0.717) is 17.0 Å². The summed E-state index contributed by atoms with van der Waals surface area (Å²) >= 11 is 6.19. The molecule has 0 spiro atoms. The van der Waals surface area contributed by atoms with Crippen molar-refractivity contribution in [2.45, 2.75) is 13.0 Å². The molecule has 0 aliphatic carbocycles. The number of para-hydroxylation sites is 1. The Kier molecular flexibility index (Phi) is 6.01. The van der Waals surface area contributed by atoms with Crippen LogP contribution >= 0.6 is 11.6 Å². The summed E-state index contributed by atoms with van der Waals surface area (Å²) in [5.74, 6) is -0.128. The van der Waals surface area contributed by atoms with Gasteiger partial charge in [0.25, 0.3) is 0 Å². The van der Waals surface area contributed by atoms with Crippen molar-refractivity contribution in [3.8, 4) is 0 Å². The fraction of sp³-hybridized carbons (Fsp3) is 0.318. The Morgan fingerprint density at radius 3 is 2.70 bits per heavy atom. The van der Waals surface area contributed by atoms with Crippen LogP contribution in [0.3, 0.4) is 0 Å². The number of nitrogens with zero attached hydrogens (tertiary/aromatic N) is 4. The molecule has 1 aliphatic rings. The van der Waals surface area contributed by atoms with Crippen LogP contribution in [0.1, 0.15) is 6.42 Å². The van der Waals surface area contributed by atoms with Crippen LogP contribution in [-0.4, -0.2) is 53.8 Å². The second-order valence-corrected chi connectivity index (χ2v) is 7.94. The minimum atomic E-state index is -0.128. The van der Waals surface area contributed by atoms with E-state index >= 15 is 0 Å². The number of anilines is 2. The Bertz CT molecular complexity index is 1120. The lowest BCUT2D eigenvalue weighted by Gasteiger charge is -2.35. The summed E-state index contributed by atoms with van der Waals surface area (Å²) in [6, 6.07) is 12.9. The van der Waals surface area contributed by atoms with Gasteiger partial charge in [0, 0.05) is 43.0 Å². The first-order chi connectivity index (χ1) is 14.5. The highest BCUT2D eigenvalue weighted by Crippen LogP contribution is 2.30. The molecule has 7 nitrogen and oxygen atoms in total. The first-order valence-corrected chi connectivity index (χ1v) is 10.4. The first kappa shape index (κ1) is 20.4. The standard InChI is InChI=1S/C22H24ClN5O2/c1-26-10-12-27(13-11-26)20-7-6-16(23)14-18(20)25-22(30)8-9-28-19-5-3-2-4-17(19)21(29)15-24-28/h2-7,14-15H,8-13H2,1H3,(H,25,30). The number of likely N-dealkylation sites (N-methyl/N-ethyl adjacent to an activating group) is 1. The van der Waals surface area contributed by atoms with Crippen LogP contribution in [0.15, 0.2) is 53.5 Å². The fourth-order valence-electron chi connectivity index (χ4n) is 3.69. The summed E-state index contributed by atoms with van der Waals surface area (Å²) in [6.07, 6.45) is 1.53. The number of aromatic nitrogens is 2. The smallest absolute Gasteiger partial charge is 0.226 e. The van der Waals surface area contributed by atoms with E-state index in [2.05, 4.69) is 27.3 Å². The van der Waals surface area contributed by atoms with Crippen LogP contribution in [0.5, 0.6) is 0 Å². The molecule has 0 saturated carbocycles. The van der Waals surface area contributed by atoms with Crippen molar-refractivity contribution in [3.05, 3.63) is 63.9 Å². The lowest BCUT2D eigenvalue weighted by Crippen LogP contribution is -2.44. The number of fused-ring (bicyclic) bond motifs is 1. The third-order valence-corrected chi connectivity index (χ3v) is 5.62. The summed E-state index contributed by atoms with van der Waals surface area (Å²) in [7, 11) is 2.11. The number of carbonyl (C=O) groups is 1. The van der Waals surface area contributed by atoms with Gasteiger partial charge in [0.15, 0.2) is 0 Å². The Hall–Kier alpha value is -2.90. The third-order valence-electron chi connectivity index (χ3n) is 5.39. The molecule has 1 N–H and O–H groups in total. The van der Waals surface area contributed by atoms with Crippen molar-refractivity contribution in [2.24, 2.45) is 0 Å². The SMILES string of the molecule is CN1CCN(c2ccc(Cl)cc2NC(=O)CCn2ncc(=O)c3ccccc32)CC1. The molecular formula is C22H24ClN5O2. The van der Waals surface area contributed by atoms with E-state index in [-0.39, 0.29) is 17.8 Å². The van der Waals surface area contributed by atoms with Gasteiger partial charge in [-0.3, -0.25) is 14.3 Å². The van der Waals surface area contributed by atoms with Gasteiger partial charge in [-0.25, -0.2) is 0 Å². The average molecular weight is 426 g/mol. The number of carbonyl (C=O) groups excluding carboxylic acids is 1. The van der Waals surface area contributed by atoms with Crippen molar-refractivity contribution in [1.29, 1.82) is 0 Å². The monoisotopic (exact) mass is 425 g/mol. The predicted octanol–water partition coefficient (Wildman–Crippen LogP) is 2.83. The second-order valence-electron chi connectivity index (χ2n) is 7.50. The van der Waals surface area contributed by atoms with Gasteiger partial charge in [-0.05, 0) is 37.4 Å². The molecule has 2 aromatic carbocycles. The first-order valence-electron chi connectivity index (χ1n) is 9.99. The summed E-state index contributed by atoms with van der Waals surface area (Å²) in [6.45, 7) is 4.11. The molecule has 1 aromatic heterocycles. The summed E-state index contributed by atoms with van der Waals surface area (Å²) in [5, 5.41) is 8.37. The summed E-state index contributed by atoms with van der Waals surface area (Å²) in [4.78, 5) is 29.2. The Morgan fingerprint density at radius 1 is 1.13 bits per heavy atom. The minimum absolute atomic E-state index is 0.123. The summed E-state index contributed by atoms with van der Waals surface area (Å²) in [5.41, 5.74) is 2.29. The van der Waals surface area contributed by atoms with E-state index in [9.17, 15) is 9.59 Å². The van der Waals surface area contributed by atoms with Gasteiger partial charge >= 0.3 is 0 Å². The zero-order valence-corrected chi connectivity index (χ0v) is 17.6. The van der Waals surface area contributed by atoms with E-state index in [4.69, 9.17) is 11.6 Å². The Balaban J connectivity index is 1.48. The largest absolute Gasteiger partial charge is 0.367 e. The maximum Gasteiger partial charge on any atom is 0.226 e. The molecule has 30 heavy (non-hydrogen) atoms. The number of benzene rings is 2. The van der Waals surface area contributed by atoms with Gasteiger partial charge in [0.1, 0.15) is 0 Å². The molecule has 1 saturated heterocycles. The zero-order valence-electron chi connectivity index (χ0n) is 16.8. The van der Waals surface area contributed by atoms with Crippen molar-refractivity contribution >= 4 is 39.8 Å². The molecule has 8 heteroatoms. The molecular weight excluding hydrogens is 402 g/mol. The lowest BCUT2D eigenvalue weighted by molar-refractivity contribution is -0.116. The highest BCUT2D eigenvalue weighted by atomic mass is 35.5. The van der Waals surface area contributed by atoms with Crippen LogP contribution in [-0.2, 0) is 11.3 Å². The number of halogens is 1. The van der Waals surface area contributed by atoms with E-state index in [1.54, 1.807) is 16.8 Å². The molecule has 1 fully saturated rings. The van der Waals surface area contributed by atoms with Gasteiger partial charge in [0.05, 0.1) is 29.6 Å². The molecule has 2 heterocycles. The quantitative estimate of drug-likeness (QED) is 0.680. The van der Waals surface area contributed by atoms with Crippen LogP contribution in [0.4, 0.5) is 11.4 Å². The zero-order chi connectivity index (χ0) is 21.1. The van der Waals surface area contributed by atoms with E-state index in [1.165, 1.54) is 6.20 Å². The van der Waals surface area contributed by atoms with E-state index in [1.807, 2.05) is 30.3 Å². The number of aryl methyl sites for hydroxylation is 1. The molecule has 3 aromatic rings. The van der Waals surface area contributed by atoms with Crippen molar-refractivity contribution in [3.63, 3.8) is 0 Å². The van der Waals surface area contributed by atoms with Gasteiger partial charge in [0.2, 0.25) is 11.3 Å². The van der Waals surface area contributed by atoms with Crippen LogP contribution in [0.25, 0.3) is 10.9 Å². The Morgan fingerprint density at radius 2 is 1.90 bits per heavy atom. The number of nitrogens with one attached hydrogen (secondary N) is 1. The molecule has 0 bridgehead atoms.